The van der Waals surface area contributed by atoms with Crippen molar-refractivity contribution in [3.63, 3.8) is 0 Å². The van der Waals surface area contributed by atoms with E-state index in [-0.39, 0.29) is 0 Å². The number of nitrogens with zero attached hydrogens (tertiary/aromatic N) is 3. The van der Waals surface area contributed by atoms with Gasteiger partial charge in [0.05, 0.1) is 6.04 Å². The van der Waals surface area contributed by atoms with Crippen LogP contribution in [0.5, 0.6) is 0 Å². The normalized spacial score (nSPS) is 20.8. The first-order valence-corrected chi connectivity index (χ1v) is 8.39. The van der Waals surface area contributed by atoms with Gasteiger partial charge in [-0.05, 0) is 19.1 Å². The molecular weight excluding hydrogens is 302 g/mol. The predicted octanol–water partition coefficient (Wildman–Crippen LogP) is 3.38. The molecule has 19 heavy (non-hydrogen) atoms. The van der Waals surface area contributed by atoms with Gasteiger partial charge >= 0.3 is 0 Å². The maximum Gasteiger partial charge on any atom is 0.138 e. The van der Waals surface area contributed by atoms with Crippen LogP contribution < -0.4 is 0 Å². The Kier molecular flexibility index (Phi) is 4.12. The maximum atomic E-state index is 6.10. The van der Waals surface area contributed by atoms with E-state index in [1.54, 1.807) is 0 Å². The Morgan fingerprint density at radius 3 is 3.11 bits per heavy atom. The highest BCUT2D eigenvalue weighted by molar-refractivity contribution is 7.99. The molecule has 2 aromatic heterocycles. The van der Waals surface area contributed by atoms with Gasteiger partial charge in [0, 0.05) is 36.1 Å². The molecular formula is C12H14ClN3OS2. The van der Waals surface area contributed by atoms with Gasteiger partial charge in [0.25, 0.3) is 0 Å². The highest BCUT2D eigenvalue weighted by Crippen LogP contribution is 2.32. The Bertz CT molecular complexity index is 557. The monoisotopic (exact) mass is 315 g/mol. The van der Waals surface area contributed by atoms with Crippen molar-refractivity contribution >= 4 is 34.9 Å². The van der Waals surface area contributed by atoms with Crippen LogP contribution >= 0.6 is 34.9 Å². The lowest BCUT2D eigenvalue weighted by Gasteiger charge is -2.33. The number of furan rings is 1. The quantitative estimate of drug-likeness (QED) is 0.868. The Morgan fingerprint density at radius 1 is 1.53 bits per heavy atom. The second-order valence-electron chi connectivity index (χ2n) is 4.50. The molecule has 1 saturated heterocycles. The van der Waals surface area contributed by atoms with Gasteiger partial charge in [-0.15, -0.1) is 5.10 Å². The summed E-state index contributed by atoms with van der Waals surface area (Å²) in [5.74, 6) is 4.16. The summed E-state index contributed by atoms with van der Waals surface area (Å²) in [5.41, 5.74) is 0.867. The smallest absolute Gasteiger partial charge is 0.138 e. The summed E-state index contributed by atoms with van der Waals surface area (Å²) < 4.78 is 10.4. The van der Waals surface area contributed by atoms with Gasteiger partial charge in [0.15, 0.2) is 0 Å². The van der Waals surface area contributed by atoms with Crippen LogP contribution in [0.25, 0.3) is 0 Å². The largest absolute Gasteiger partial charge is 0.465 e. The molecule has 7 heteroatoms. The van der Waals surface area contributed by atoms with Crippen LogP contribution in [-0.2, 0) is 6.54 Å². The lowest BCUT2D eigenvalue weighted by atomic mass is 10.2. The molecule has 0 aliphatic carbocycles. The second kappa shape index (κ2) is 5.83. The van der Waals surface area contributed by atoms with Crippen molar-refractivity contribution in [1.82, 2.24) is 14.5 Å². The fourth-order valence-electron chi connectivity index (χ4n) is 2.21. The van der Waals surface area contributed by atoms with Crippen molar-refractivity contribution in [2.24, 2.45) is 0 Å². The minimum absolute atomic E-state index is 0.296. The van der Waals surface area contributed by atoms with Gasteiger partial charge in [-0.1, -0.05) is 16.1 Å². The molecule has 0 unspecified atom stereocenters. The first kappa shape index (κ1) is 13.4. The van der Waals surface area contributed by atoms with E-state index < -0.39 is 0 Å². The third-order valence-electron chi connectivity index (χ3n) is 3.19. The van der Waals surface area contributed by atoms with Crippen LogP contribution in [-0.4, -0.2) is 32.5 Å². The standard InChI is InChI=1S/C12H14ClN3OS2/c1-8-2-3-11(17-8)10-7-18-5-4-16(10)6-9-12(13)19-15-14-9/h2-3,10H,4-7H2,1H3/t10-/m0/s1. The summed E-state index contributed by atoms with van der Waals surface area (Å²) in [5, 5.41) is 4.10. The van der Waals surface area contributed by atoms with Crippen molar-refractivity contribution in [3.8, 4) is 0 Å². The topological polar surface area (TPSA) is 42.2 Å². The lowest BCUT2D eigenvalue weighted by Crippen LogP contribution is -2.35. The van der Waals surface area contributed by atoms with Crippen molar-refractivity contribution in [2.45, 2.75) is 19.5 Å². The van der Waals surface area contributed by atoms with Crippen molar-refractivity contribution < 1.29 is 4.42 Å². The first-order valence-electron chi connectivity index (χ1n) is 6.09. The fraction of sp³-hybridized carbons (Fsp3) is 0.500. The number of aryl methyl sites for hydroxylation is 1. The number of aromatic nitrogens is 2. The van der Waals surface area contributed by atoms with Crippen molar-refractivity contribution in [1.29, 1.82) is 0 Å². The third-order valence-corrected chi connectivity index (χ3v) is 5.20. The van der Waals surface area contributed by atoms with Crippen molar-refractivity contribution in [3.05, 3.63) is 33.7 Å². The highest BCUT2D eigenvalue weighted by Gasteiger charge is 2.28. The van der Waals surface area contributed by atoms with E-state index in [2.05, 4.69) is 20.6 Å². The van der Waals surface area contributed by atoms with E-state index in [0.717, 1.165) is 41.8 Å². The highest BCUT2D eigenvalue weighted by atomic mass is 35.5. The summed E-state index contributed by atoms with van der Waals surface area (Å²) in [7, 11) is 0. The van der Waals surface area contributed by atoms with E-state index >= 15 is 0 Å². The van der Waals surface area contributed by atoms with E-state index in [1.807, 2.05) is 24.8 Å². The molecule has 4 nitrogen and oxygen atoms in total. The number of thioether (sulfide) groups is 1. The predicted molar refractivity (Wildman–Crippen MR) is 78.8 cm³/mol. The average Bonchev–Trinajstić information content (AvgIpc) is 3.00. The van der Waals surface area contributed by atoms with Crippen LogP contribution in [0.4, 0.5) is 0 Å². The molecule has 0 saturated carbocycles. The minimum atomic E-state index is 0.296. The van der Waals surface area contributed by atoms with Gasteiger partial charge < -0.3 is 4.42 Å². The van der Waals surface area contributed by atoms with Gasteiger partial charge in [-0.25, -0.2) is 0 Å². The van der Waals surface area contributed by atoms with Gasteiger partial charge in [0.1, 0.15) is 21.6 Å². The molecule has 3 rings (SSSR count). The molecule has 1 aliphatic heterocycles. The minimum Gasteiger partial charge on any atom is -0.465 e. The maximum absolute atomic E-state index is 6.10. The van der Waals surface area contributed by atoms with Crippen LogP contribution in [0.1, 0.15) is 23.3 Å². The third kappa shape index (κ3) is 2.97. The molecule has 2 aromatic rings. The Morgan fingerprint density at radius 2 is 2.42 bits per heavy atom. The van der Waals surface area contributed by atoms with E-state index in [9.17, 15) is 0 Å². The Labute approximate surface area is 125 Å². The molecule has 0 spiro atoms. The van der Waals surface area contributed by atoms with E-state index in [4.69, 9.17) is 16.0 Å². The van der Waals surface area contributed by atoms with Crippen LogP contribution in [0.3, 0.4) is 0 Å². The van der Waals surface area contributed by atoms with Crippen molar-refractivity contribution in [2.75, 3.05) is 18.1 Å². The molecule has 1 aliphatic rings. The average molecular weight is 316 g/mol. The van der Waals surface area contributed by atoms with Gasteiger partial charge in [-0.3, -0.25) is 4.90 Å². The molecule has 0 radical (unpaired) electrons. The lowest BCUT2D eigenvalue weighted by molar-refractivity contribution is 0.185. The molecule has 0 bridgehead atoms. The SMILES string of the molecule is Cc1ccc([C@@H]2CSCCN2Cc2nnsc2Cl)o1. The van der Waals surface area contributed by atoms with Crippen LogP contribution in [0, 0.1) is 6.92 Å². The molecule has 1 fully saturated rings. The first-order chi connectivity index (χ1) is 9.24. The van der Waals surface area contributed by atoms with Gasteiger partial charge in [0.2, 0.25) is 0 Å². The van der Waals surface area contributed by atoms with Crippen LogP contribution in [0.2, 0.25) is 4.34 Å². The Balaban J connectivity index is 1.79. The van der Waals surface area contributed by atoms with E-state index in [0.29, 0.717) is 10.4 Å². The van der Waals surface area contributed by atoms with Gasteiger partial charge in [-0.2, -0.15) is 11.8 Å². The molecule has 0 aromatic carbocycles. The summed E-state index contributed by atoms with van der Waals surface area (Å²) in [6, 6.07) is 4.38. The fourth-order valence-corrected chi connectivity index (χ4v) is 3.95. The van der Waals surface area contributed by atoms with Crippen LogP contribution in [0.15, 0.2) is 16.5 Å². The summed E-state index contributed by atoms with van der Waals surface area (Å²) in [6.07, 6.45) is 0. The molecule has 3 heterocycles. The number of hydrogen-bond donors (Lipinski definition) is 0. The molecule has 0 N–H and O–H groups in total. The Hall–Kier alpha value is -0.560. The summed E-state index contributed by atoms with van der Waals surface area (Å²) in [6.45, 7) is 3.73. The molecule has 102 valence electrons. The zero-order valence-electron chi connectivity index (χ0n) is 10.5. The number of rotatable bonds is 3. The second-order valence-corrected chi connectivity index (χ2v) is 7.01. The van der Waals surface area contributed by atoms with E-state index in [1.165, 1.54) is 11.5 Å². The molecule has 0 amide bonds. The number of hydrogen-bond acceptors (Lipinski definition) is 6. The zero-order valence-corrected chi connectivity index (χ0v) is 12.9. The molecule has 1 atom stereocenters. The number of halogens is 1. The zero-order chi connectivity index (χ0) is 13.2. The summed E-state index contributed by atoms with van der Waals surface area (Å²) >= 11 is 9.30. The summed E-state index contributed by atoms with van der Waals surface area (Å²) in [4.78, 5) is 2.37.